The van der Waals surface area contributed by atoms with Gasteiger partial charge in [0, 0.05) is 31.2 Å². The van der Waals surface area contributed by atoms with Gasteiger partial charge in [-0.2, -0.15) is 0 Å². The lowest BCUT2D eigenvalue weighted by Crippen LogP contribution is -2.56. The molecule has 0 bridgehead atoms. The zero-order chi connectivity index (χ0) is 18.7. The maximum absolute atomic E-state index is 12.7. The number of carbonyl (C=O) groups is 2. The number of guanidine groups is 1. The Morgan fingerprint density at radius 3 is 2.54 bits per heavy atom. The number of hydrogen-bond donors (Lipinski definition) is 1. The summed E-state index contributed by atoms with van der Waals surface area (Å²) in [7, 11) is 2.06. The Kier molecular flexibility index (Phi) is 5.78. The van der Waals surface area contributed by atoms with Crippen molar-refractivity contribution in [1.29, 1.82) is 0 Å². The molecule has 1 amide bonds. The fourth-order valence-corrected chi connectivity index (χ4v) is 3.27. The Labute approximate surface area is 158 Å². The summed E-state index contributed by atoms with van der Waals surface area (Å²) < 4.78 is 5.11. The number of nitrogens with zero attached hydrogens (tertiary/aromatic N) is 3. The van der Waals surface area contributed by atoms with E-state index in [-0.39, 0.29) is 12.5 Å². The summed E-state index contributed by atoms with van der Waals surface area (Å²) >= 11 is 5.97. The molecule has 0 radical (unpaired) electrons. The monoisotopic (exact) mass is 378 g/mol. The number of piperazine rings is 1. The van der Waals surface area contributed by atoms with Crippen molar-refractivity contribution >= 4 is 29.4 Å². The minimum absolute atomic E-state index is 0.213. The normalized spacial score (nSPS) is 24.0. The summed E-state index contributed by atoms with van der Waals surface area (Å²) in [5, 5.41) is 3.38. The Balaban J connectivity index is 1.93. The zero-order valence-corrected chi connectivity index (χ0v) is 15.7. The van der Waals surface area contributed by atoms with Crippen molar-refractivity contribution in [1.82, 2.24) is 15.1 Å². The fourth-order valence-electron chi connectivity index (χ4n) is 3.14. The highest BCUT2D eigenvalue weighted by atomic mass is 35.5. The molecular formula is C18H23ClN4O3. The molecule has 1 aromatic rings. The topological polar surface area (TPSA) is 74.2 Å². The van der Waals surface area contributed by atoms with E-state index in [9.17, 15) is 9.59 Å². The number of benzene rings is 1. The molecule has 2 heterocycles. The van der Waals surface area contributed by atoms with E-state index in [2.05, 4.69) is 17.3 Å². The molecule has 1 fully saturated rings. The molecule has 2 atom stereocenters. The van der Waals surface area contributed by atoms with Crippen LogP contribution in [0.4, 0.5) is 0 Å². The van der Waals surface area contributed by atoms with Gasteiger partial charge in [-0.05, 0) is 31.7 Å². The van der Waals surface area contributed by atoms with E-state index in [1.165, 1.54) is 0 Å². The van der Waals surface area contributed by atoms with Crippen molar-refractivity contribution in [2.45, 2.75) is 13.0 Å². The first-order valence-electron chi connectivity index (χ1n) is 8.74. The highest BCUT2D eigenvalue weighted by molar-refractivity contribution is 6.30. The number of esters is 1. The third-order valence-electron chi connectivity index (χ3n) is 4.65. The van der Waals surface area contributed by atoms with Crippen LogP contribution in [0.15, 0.2) is 29.3 Å². The molecule has 7 nitrogen and oxygen atoms in total. The Morgan fingerprint density at radius 2 is 1.92 bits per heavy atom. The number of rotatable bonds is 3. The molecule has 26 heavy (non-hydrogen) atoms. The quantitative estimate of drug-likeness (QED) is 0.633. The maximum Gasteiger partial charge on any atom is 0.321 e. The van der Waals surface area contributed by atoms with Gasteiger partial charge in [0.2, 0.25) is 11.9 Å². The highest BCUT2D eigenvalue weighted by Gasteiger charge is 2.42. The van der Waals surface area contributed by atoms with Crippen LogP contribution in [0, 0.1) is 5.92 Å². The van der Waals surface area contributed by atoms with Gasteiger partial charge in [0.25, 0.3) is 0 Å². The molecule has 1 aromatic carbocycles. The maximum atomic E-state index is 12.7. The lowest BCUT2D eigenvalue weighted by Gasteiger charge is -2.37. The Hall–Kier alpha value is -2.12. The first-order chi connectivity index (χ1) is 12.5. The SMILES string of the molecule is CCOC(=O)[C@H]1C(=O)NC(N2CCN(C)CC2)=N[C@@H]1c1ccc(Cl)cc1. The lowest BCUT2D eigenvalue weighted by atomic mass is 9.91. The van der Waals surface area contributed by atoms with Gasteiger partial charge in [0.1, 0.15) is 6.04 Å². The van der Waals surface area contributed by atoms with Gasteiger partial charge in [0.15, 0.2) is 5.92 Å². The predicted molar refractivity (Wildman–Crippen MR) is 99.0 cm³/mol. The summed E-state index contributed by atoms with van der Waals surface area (Å²) in [4.78, 5) is 34.1. The van der Waals surface area contributed by atoms with E-state index in [0.29, 0.717) is 11.0 Å². The second-order valence-electron chi connectivity index (χ2n) is 6.46. The van der Waals surface area contributed by atoms with Crippen LogP contribution in [-0.4, -0.2) is 67.5 Å². The lowest BCUT2D eigenvalue weighted by molar-refractivity contribution is -0.153. The second kappa shape index (κ2) is 8.05. The van der Waals surface area contributed by atoms with Crippen molar-refractivity contribution in [3.05, 3.63) is 34.9 Å². The van der Waals surface area contributed by atoms with Crippen molar-refractivity contribution in [2.24, 2.45) is 10.9 Å². The summed E-state index contributed by atoms with van der Waals surface area (Å²) in [5.41, 5.74) is 0.758. The first-order valence-corrected chi connectivity index (χ1v) is 9.11. The first kappa shape index (κ1) is 18.7. The summed E-state index contributed by atoms with van der Waals surface area (Å²) in [5.74, 6) is -1.44. The van der Waals surface area contributed by atoms with Crippen LogP contribution in [0.2, 0.25) is 5.02 Å². The highest BCUT2D eigenvalue weighted by Crippen LogP contribution is 2.31. The smallest absolute Gasteiger partial charge is 0.321 e. The minimum atomic E-state index is -1.01. The average Bonchev–Trinajstić information content (AvgIpc) is 2.62. The van der Waals surface area contributed by atoms with E-state index in [1.54, 1.807) is 31.2 Å². The number of ether oxygens (including phenoxy) is 1. The van der Waals surface area contributed by atoms with Gasteiger partial charge in [-0.25, -0.2) is 4.99 Å². The number of halogens is 1. The number of hydrogen-bond acceptors (Lipinski definition) is 6. The van der Waals surface area contributed by atoms with Crippen LogP contribution in [-0.2, 0) is 14.3 Å². The third-order valence-corrected chi connectivity index (χ3v) is 4.90. The summed E-state index contributed by atoms with van der Waals surface area (Å²) in [6.45, 7) is 5.25. The van der Waals surface area contributed by atoms with Crippen molar-refractivity contribution in [3.63, 3.8) is 0 Å². The Morgan fingerprint density at radius 1 is 1.27 bits per heavy atom. The van der Waals surface area contributed by atoms with Gasteiger partial charge in [-0.15, -0.1) is 0 Å². The van der Waals surface area contributed by atoms with Gasteiger partial charge in [0.05, 0.1) is 6.61 Å². The summed E-state index contributed by atoms with van der Waals surface area (Å²) in [6.07, 6.45) is 0. The van der Waals surface area contributed by atoms with Crippen LogP contribution in [0.25, 0.3) is 0 Å². The summed E-state index contributed by atoms with van der Waals surface area (Å²) in [6, 6.07) is 6.42. The molecule has 0 spiro atoms. The molecule has 0 aromatic heterocycles. The molecular weight excluding hydrogens is 356 g/mol. The molecule has 0 unspecified atom stereocenters. The number of carbonyl (C=O) groups excluding carboxylic acids is 2. The van der Waals surface area contributed by atoms with E-state index in [0.717, 1.165) is 31.7 Å². The van der Waals surface area contributed by atoms with Gasteiger partial charge < -0.3 is 14.5 Å². The molecule has 1 N–H and O–H groups in total. The molecule has 1 saturated heterocycles. The third kappa shape index (κ3) is 3.99. The molecule has 2 aliphatic heterocycles. The molecule has 3 rings (SSSR count). The molecule has 140 valence electrons. The van der Waals surface area contributed by atoms with E-state index >= 15 is 0 Å². The average molecular weight is 379 g/mol. The van der Waals surface area contributed by atoms with Crippen molar-refractivity contribution in [2.75, 3.05) is 39.8 Å². The van der Waals surface area contributed by atoms with Crippen LogP contribution < -0.4 is 5.32 Å². The van der Waals surface area contributed by atoms with Crippen LogP contribution in [0.3, 0.4) is 0 Å². The van der Waals surface area contributed by atoms with Crippen LogP contribution in [0.1, 0.15) is 18.5 Å². The van der Waals surface area contributed by atoms with Crippen LogP contribution >= 0.6 is 11.6 Å². The second-order valence-corrected chi connectivity index (χ2v) is 6.89. The Bertz CT molecular complexity index is 699. The number of nitrogens with one attached hydrogen (secondary N) is 1. The predicted octanol–water partition coefficient (Wildman–Crippen LogP) is 1.29. The van der Waals surface area contributed by atoms with Gasteiger partial charge in [-0.3, -0.25) is 14.9 Å². The molecule has 2 aliphatic rings. The largest absolute Gasteiger partial charge is 0.465 e. The van der Waals surface area contributed by atoms with E-state index < -0.39 is 17.9 Å². The van der Waals surface area contributed by atoms with Crippen molar-refractivity contribution in [3.8, 4) is 0 Å². The van der Waals surface area contributed by atoms with Crippen molar-refractivity contribution < 1.29 is 14.3 Å². The molecule has 0 aliphatic carbocycles. The van der Waals surface area contributed by atoms with Gasteiger partial charge >= 0.3 is 5.97 Å². The van der Waals surface area contributed by atoms with Crippen LogP contribution in [0.5, 0.6) is 0 Å². The number of aliphatic imine (C=N–C) groups is 1. The molecule has 8 heteroatoms. The zero-order valence-electron chi connectivity index (χ0n) is 14.9. The van der Waals surface area contributed by atoms with Gasteiger partial charge in [-0.1, -0.05) is 23.7 Å². The fraction of sp³-hybridized carbons (Fsp3) is 0.500. The standard InChI is InChI=1S/C18H23ClN4O3/c1-3-26-17(25)14-15(12-4-6-13(19)7-5-12)20-18(21-16(14)24)23-10-8-22(2)9-11-23/h4-7,14-15H,3,8-11H2,1-2H3,(H,20,21,24)/t14-,15-/m1/s1. The van der Waals surface area contributed by atoms with E-state index in [4.69, 9.17) is 21.3 Å². The molecule has 0 saturated carbocycles. The number of likely N-dealkylation sites (N-methyl/N-ethyl adjacent to an activating group) is 1. The number of amides is 1. The van der Waals surface area contributed by atoms with E-state index in [1.807, 2.05) is 4.90 Å². The minimum Gasteiger partial charge on any atom is -0.465 e.